The molecule has 1 aliphatic rings. The Bertz CT molecular complexity index is 339. The van der Waals surface area contributed by atoms with Gasteiger partial charge in [-0.3, -0.25) is 5.43 Å². The maximum absolute atomic E-state index is 11.1. The maximum Gasteiger partial charge on any atom is 0.329 e. The minimum Gasteiger partial charge on any atom is -0.335 e. The standard InChI is InChI=1S/C11H15N3O/c1-9-7-12-11(15)13-14(9)8-10-5-3-2-4-6-10/h2-6,9H,7-8H2,1H3,(H2,12,13,15)/t9-/m0/s1. The molecule has 0 aliphatic carbocycles. The van der Waals surface area contributed by atoms with Crippen LogP contribution in [0.2, 0.25) is 0 Å². The summed E-state index contributed by atoms with van der Waals surface area (Å²) in [6, 6.07) is 10.3. The lowest BCUT2D eigenvalue weighted by atomic mass is 10.2. The summed E-state index contributed by atoms with van der Waals surface area (Å²) in [7, 11) is 0. The van der Waals surface area contributed by atoms with Crippen molar-refractivity contribution in [2.45, 2.75) is 19.5 Å². The van der Waals surface area contributed by atoms with Crippen molar-refractivity contribution in [1.29, 1.82) is 0 Å². The molecule has 0 radical (unpaired) electrons. The van der Waals surface area contributed by atoms with Crippen LogP contribution in [0.5, 0.6) is 0 Å². The normalized spacial score (nSPS) is 21.9. The molecular weight excluding hydrogens is 190 g/mol. The number of urea groups is 1. The van der Waals surface area contributed by atoms with Crippen molar-refractivity contribution in [1.82, 2.24) is 15.8 Å². The van der Waals surface area contributed by atoms with Gasteiger partial charge in [-0.1, -0.05) is 30.3 Å². The highest BCUT2D eigenvalue weighted by Gasteiger charge is 2.21. The summed E-state index contributed by atoms with van der Waals surface area (Å²) in [4.78, 5) is 11.1. The second-order valence-corrected chi connectivity index (χ2v) is 3.78. The zero-order chi connectivity index (χ0) is 10.7. The van der Waals surface area contributed by atoms with Crippen LogP contribution < -0.4 is 10.7 Å². The van der Waals surface area contributed by atoms with E-state index in [1.807, 2.05) is 23.2 Å². The number of nitrogens with zero attached hydrogens (tertiary/aromatic N) is 1. The van der Waals surface area contributed by atoms with E-state index in [2.05, 4.69) is 29.8 Å². The van der Waals surface area contributed by atoms with Crippen molar-refractivity contribution in [3.63, 3.8) is 0 Å². The van der Waals surface area contributed by atoms with Gasteiger partial charge in [0.1, 0.15) is 0 Å². The summed E-state index contributed by atoms with van der Waals surface area (Å²) in [6.45, 7) is 3.52. The molecule has 0 unspecified atom stereocenters. The predicted octanol–water partition coefficient (Wildman–Crippen LogP) is 1.10. The Kier molecular flexibility index (Phi) is 2.87. The monoisotopic (exact) mass is 205 g/mol. The summed E-state index contributed by atoms with van der Waals surface area (Å²) in [5.41, 5.74) is 4.00. The van der Waals surface area contributed by atoms with Crippen LogP contribution in [0.15, 0.2) is 30.3 Å². The molecular formula is C11H15N3O. The highest BCUT2D eigenvalue weighted by molar-refractivity contribution is 5.74. The number of hydrazine groups is 1. The molecule has 2 rings (SSSR count). The Morgan fingerprint density at radius 1 is 1.40 bits per heavy atom. The third kappa shape index (κ3) is 2.47. The van der Waals surface area contributed by atoms with Crippen LogP contribution >= 0.6 is 0 Å². The van der Waals surface area contributed by atoms with Crippen molar-refractivity contribution >= 4 is 6.03 Å². The average Bonchev–Trinajstić information content (AvgIpc) is 2.25. The Hall–Kier alpha value is -1.55. The maximum atomic E-state index is 11.1. The number of hydrogen-bond donors (Lipinski definition) is 2. The first-order chi connectivity index (χ1) is 7.25. The van der Waals surface area contributed by atoms with Crippen molar-refractivity contribution in [3.05, 3.63) is 35.9 Å². The minimum atomic E-state index is -0.121. The first-order valence-corrected chi connectivity index (χ1v) is 5.11. The lowest BCUT2D eigenvalue weighted by Crippen LogP contribution is -2.59. The van der Waals surface area contributed by atoms with Crippen LogP contribution in [0, 0.1) is 0 Å². The largest absolute Gasteiger partial charge is 0.335 e. The number of carbonyl (C=O) groups is 1. The second-order valence-electron chi connectivity index (χ2n) is 3.78. The summed E-state index contributed by atoms with van der Waals surface area (Å²) in [6.07, 6.45) is 0. The van der Waals surface area contributed by atoms with Crippen LogP contribution in [0.1, 0.15) is 12.5 Å². The average molecular weight is 205 g/mol. The van der Waals surface area contributed by atoms with Gasteiger partial charge in [0.25, 0.3) is 0 Å². The van der Waals surface area contributed by atoms with Gasteiger partial charge in [0, 0.05) is 19.1 Å². The van der Waals surface area contributed by atoms with Gasteiger partial charge in [-0.2, -0.15) is 0 Å². The van der Waals surface area contributed by atoms with Crippen LogP contribution in [-0.2, 0) is 6.54 Å². The van der Waals surface area contributed by atoms with Gasteiger partial charge in [-0.15, -0.1) is 0 Å². The van der Waals surface area contributed by atoms with Gasteiger partial charge < -0.3 is 5.32 Å². The van der Waals surface area contributed by atoms with Crippen LogP contribution in [0.3, 0.4) is 0 Å². The Morgan fingerprint density at radius 2 is 2.13 bits per heavy atom. The molecule has 0 spiro atoms. The van der Waals surface area contributed by atoms with Crippen molar-refractivity contribution in [3.8, 4) is 0 Å². The van der Waals surface area contributed by atoms with Gasteiger partial charge in [0.05, 0.1) is 0 Å². The molecule has 1 atom stereocenters. The Balaban J connectivity index is 2.01. The van der Waals surface area contributed by atoms with E-state index in [-0.39, 0.29) is 6.03 Å². The lowest BCUT2D eigenvalue weighted by Gasteiger charge is -2.33. The smallest absolute Gasteiger partial charge is 0.329 e. The molecule has 0 bridgehead atoms. The fraction of sp³-hybridized carbons (Fsp3) is 0.364. The fourth-order valence-electron chi connectivity index (χ4n) is 1.61. The lowest BCUT2D eigenvalue weighted by molar-refractivity contribution is 0.108. The molecule has 4 nitrogen and oxygen atoms in total. The van der Waals surface area contributed by atoms with Gasteiger partial charge in [-0.05, 0) is 12.5 Å². The molecule has 1 fully saturated rings. The third-order valence-electron chi connectivity index (χ3n) is 2.53. The molecule has 0 aromatic heterocycles. The molecule has 1 aromatic rings. The summed E-state index contributed by atoms with van der Waals surface area (Å²) in [5, 5.41) is 4.71. The van der Waals surface area contributed by atoms with Gasteiger partial charge in [0.15, 0.2) is 0 Å². The Labute approximate surface area is 89.2 Å². The van der Waals surface area contributed by atoms with E-state index < -0.39 is 0 Å². The first-order valence-electron chi connectivity index (χ1n) is 5.11. The molecule has 80 valence electrons. The minimum absolute atomic E-state index is 0.121. The fourth-order valence-corrected chi connectivity index (χ4v) is 1.61. The van der Waals surface area contributed by atoms with E-state index in [0.29, 0.717) is 12.6 Å². The van der Waals surface area contributed by atoms with Crippen LogP contribution in [0.25, 0.3) is 0 Å². The highest BCUT2D eigenvalue weighted by Crippen LogP contribution is 2.07. The number of carbonyl (C=O) groups excluding carboxylic acids is 1. The van der Waals surface area contributed by atoms with E-state index in [4.69, 9.17) is 0 Å². The third-order valence-corrected chi connectivity index (χ3v) is 2.53. The second kappa shape index (κ2) is 4.31. The van der Waals surface area contributed by atoms with E-state index >= 15 is 0 Å². The molecule has 2 N–H and O–H groups in total. The summed E-state index contributed by atoms with van der Waals surface area (Å²) in [5.74, 6) is 0. The van der Waals surface area contributed by atoms with E-state index in [1.54, 1.807) is 0 Å². The topological polar surface area (TPSA) is 44.4 Å². The molecule has 1 aliphatic heterocycles. The summed E-state index contributed by atoms with van der Waals surface area (Å²) < 4.78 is 0. The van der Waals surface area contributed by atoms with E-state index in [1.165, 1.54) is 5.56 Å². The quantitative estimate of drug-likeness (QED) is 0.759. The summed E-state index contributed by atoms with van der Waals surface area (Å²) >= 11 is 0. The highest BCUT2D eigenvalue weighted by atomic mass is 16.2. The van der Waals surface area contributed by atoms with Crippen molar-refractivity contribution in [2.75, 3.05) is 6.54 Å². The Morgan fingerprint density at radius 3 is 2.87 bits per heavy atom. The molecule has 15 heavy (non-hydrogen) atoms. The van der Waals surface area contributed by atoms with Gasteiger partial charge in [0.2, 0.25) is 0 Å². The van der Waals surface area contributed by atoms with Crippen molar-refractivity contribution in [2.24, 2.45) is 0 Å². The number of benzene rings is 1. The molecule has 4 heteroatoms. The van der Waals surface area contributed by atoms with E-state index in [9.17, 15) is 4.79 Å². The van der Waals surface area contributed by atoms with E-state index in [0.717, 1.165) is 6.54 Å². The zero-order valence-corrected chi connectivity index (χ0v) is 8.73. The molecule has 0 saturated carbocycles. The number of rotatable bonds is 2. The van der Waals surface area contributed by atoms with Gasteiger partial charge >= 0.3 is 6.03 Å². The number of nitrogens with one attached hydrogen (secondary N) is 2. The van der Waals surface area contributed by atoms with Crippen molar-refractivity contribution < 1.29 is 4.79 Å². The molecule has 1 saturated heterocycles. The van der Waals surface area contributed by atoms with Gasteiger partial charge in [-0.25, -0.2) is 9.80 Å². The number of amides is 2. The van der Waals surface area contributed by atoms with Crippen LogP contribution in [-0.4, -0.2) is 23.6 Å². The molecule has 2 amide bonds. The molecule has 1 heterocycles. The predicted molar refractivity (Wildman–Crippen MR) is 58.0 cm³/mol. The van der Waals surface area contributed by atoms with Crippen LogP contribution in [0.4, 0.5) is 4.79 Å². The number of hydrogen-bond acceptors (Lipinski definition) is 2. The first kappa shape index (κ1) is 9.98. The molecule has 1 aromatic carbocycles. The zero-order valence-electron chi connectivity index (χ0n) is 8.73. The SMILES string of the molecule is C[C@H]1CNC(=O)NN1Cc1ccccc1.